The van der Waals surface area contributed by atoms with E-state index in [0.717, 1.165) is 55.4 Å². The topological polar surface area (TPSA) is 0 Å². The van der Waals surface area contributed by atoms with Gasteiger partial charge in [-0.3, -0.25) is 0 Å². The fourth-order valence-corrected chi connectivity index (χ4v) is 3.53. The molecule has 4 heteroatoms. The van der Waals surface area contributed by atoms with Crippen LogP contribution < -0.4 is 0 Å². The van der Waals surface area contributed by atoms with E-state index in [9.17, 15) is 17.6 Å². The van der Waals surface area contributed by atoms with Crippen LogP contribution in [-0.4, -0.2) is 0 Å². The maximum absolute atomic E-state index is 14.5. The molecule has 1 aliphatic carbocycles. The highest BCUT2D eigenvalue weighted by atomic mass is 19.2. The zero-order valence-corrected chi connectivity index (χ0v) is 14.1. The molecule has 0 saturated heterocycles. The lowest BCUT2D eigenvalue weighted by molar-refractivity contribution is 0.429. The molecule has 0 spiro atoms. The first kappa shape index (κ1) is 17.7. The van der Waals surface area contributed by atoms with Gasteiger partial charge in [0, 0.05) is 5.56 Å². The highest BCUT2D eigenvalue weighted by Crippen LogP contribution is 2.34. The van der Waals surface area contributed by atoms with Crippen molar-refractivity contribution in [3.8, 4) is 11.1 Å². The lowest BCUT2D eigenvalue weighted by atomic mass is 9.80. The molecule has 0 aromatic heterocycles. The average molecular weight is 348 g/mol. The molecule has 2 aromatic carbocycles. The molecule has 2 aromatic rings. The summed E-state index contributed by atoms with van der Waals surface area (Å²) in [5, 5.41) is 0. The quantitative estimate of drug-likeness (QED) is 0.342. The standard InChI is InChI=1S/C21H20F4/c1-2-3-4-5-13-6-7-14-9-17(18(22)10-15(14)8-13)16-11-19(23)21(25)20(24)12-16/h2-3,9-13H,4-8H2,1H3/b3-2+. The van der Waals surface area contributed by atoms with Crippen LogP contribution in [0, 0.1) is 29.2 Å². The number of hydrogen-bond donors (Lipinski definition) is 0. The van der Waals surface area contributed by atoms with E-state index in [2.05, 4.69) is 6.08 Å². The Bertz CT molecular complexity index is 785. The Morgan fingerprint density at radius 3 is 2.36 bits per heavy atom. The smallest absolute Gasteiger partial charge is 0.194 e. The normalized spacial score (nSPS) is 17.1. The summed E-state index contributed by atoms with van der Waals surface area (Å²) in [6.45, 7) is 1.99. The Hall–Kier alpha value is -2.10. The number of halogens is 4. The second kappa shape index (κ2) is 7.42. The third-order valence-corrected chi connectivity index (χ3v) is 4.89. The predicted octanol–water partition coefficient (Wildman–Crippen LogP) is 6.37. The van der Waals surface area contributed by atoms with E-state index >= 15 is 0 Å². The highest BCUT2D eigenvalue weighted by molar-refractivity contribution is 5.66. The van der Waals surface area contributed by atoms with Crippen molar-refractivity contribution < 1.29 is 17.6 Å². The summed E-state index contributed by atoms with van der Waals surface area (Å²) in [6.07, 6.45) is 8.90. The molecule has 0 bridgehead atoms. The molecule has 132 valence electrons. The van der Waals surface area contributed by atoms with Gasteiger partial charge in [0.1, 0.15) is 5.82 Å². The third-order valence-electron chi connectivity index (χ3n) is 4.89. The fraction of sp³-hybridized carbons (Fsp3) is 0.333. The molecule has 0 fully saturated rings. The van der Waals surface area contributed by atoms with Crippen LogP contribution in [0.5, 0.6) is 0 Å². The minimum atomic E-state index is -1.54. The Labute approximate surface area is 145 Å². The highest BCUT2D eigenvalue weighted by Gasteiger charge is 2.21. The number of hydrogen-bond acceptors (Lipinski definition) is 0. The minimum absolute atomic E-state index is 0.0203. The molecular formula is C21H20F4. The summed E-state index contributed by atoms with van der Waals surface area (Å²) in [5.41, 5.74) is 2.10. The van der Waals surface area contributed by atoms with E-state index < -0.39 is 23.3 Å². The average Bonchev–Trinajstić information content (AvgIpc) is 2.59. The zero-order valence-electron chi connectivity index (χ0n) is 14.1. The zero-order chi connectivity index (χ0) is 18.0. The van der Waals surface area contributed by atoms with Crippen molar-refractivity contribution in [2.75, 3.05) is 0 Å². The largest absolute Gasteiger partial charge is 0.206 e. The third kappa shape index (κ3) is 3.78. The number of benzene rings is 2. The first-order valence-electron chi connectivity index (χ1n) is 8.57. The van der Waals surface area contributed by atoms with Crippen molar-refractivity contribution in [1.29, 1.82) is 0 Å². The van der Waals surface area contributed by atoms with Gasteiger partial charge in [-0.25, -0.2) is 17.6 Å². The summed E-state index contributed by atoms with van der Waals surface area (Å²) >= 11 is 0. The van der Waals surface area contributed by atoms with E-state index in [4.69, 9.17) is 0 Å². The van der Waals surface area contributed by atoms with Crippen LogP contribution in [-0.2, 0) is 12.8 Å². The molecule has 0 heterocycles. The van der Waals surface area contributed by atoms with Gasteiger partial charge in [-0.2, -0.15) is 0 Å². The molecule has 0 nitrogen and oxygen atoms in total. The van der Waals surface area contributed by atoms with Gasteiger partial charge in [0.25, 0.3) is 0 Å². The maximum Gasteiger partial charge on any atom is 0.194 e. The van der Waals surface area contributed by atoms with Gasteiger partial charge in [-0.15, -0.1) is 0 Å². The van der Waals surface area contributed by atoms with Crippen molar-refractivity contribution in [2.45, 2.75) is 39.0 Å². The van der Waals surface area contributed by atoms with Gasteiger partial charge in [-0.1, -0.05) is 12.2 Å². The number of rotatable bonds is 4. The van der Waals surface area contributed by atoms with Crippen molar-refractivity contribution >= 4 is 0 Å². The number of fused-ring (bicyclic) bond motifs is 1. The summed E-state index contributed by atoms with van der Waals surface area (Å²) in [4.78, 5) is 0. The van der Waals surface area contributed by atoms with E-state index in [-0.39, 0.29) is 11.1 Å². The molecule has 3 rings (SSSR count). The number of allylic oxidation sites excluding steroid dienone is 2. The van der Waals surface area contributed by atoms with Gasteiger partial charge in [0.15, 0.2) is 17.5 Å². The van der Waals surface area contributed by atoms with Crippen LogP contribution in [0.2, 0.25) is 0 Å². The van der Waals surface area contributed by atoms with E-state index in [1.165, 1.54) is 6.07 Å². The summed E-state index contributed by atoms with van der Waals surface area (Å²) in [7, 11) is 0. The van der Waals surface area contributed by atoms with Crippen LogP contribution in [0.3, 0.4) is 0 Å². The SMILES string of the molecule is C/C=C/CCC1CCc2cc(-c3cc(F)c(F)c(F)c3)c(F)cc2C1. The molecular weight excluding hydrogens is 328 g/mol. The molecule has 0 aliphatic heterocycles. The Morgan fingerprint density at radius 2 is 1.68 bits per heavy atom. The Morgan fingerprint density at radius 1 is 0.960 bits per heavy atom. The van der Waals surface area contributed by atoms with Crippen molar-refractivity contribution in [2.24, 2.45) is 5.92 Å². The second-order valence-corrected chi connectivity index (χ2v) is 6.61. The van der Waals surface area contributed by atoms with Gasteiger partial charge in [0.05, 0.1) is 0 Å². The van der Waals surface area contributed by atoms with E-state index in [1.807, 2.05) is 13.0 Å². The molecule has 1 atom stereocenters. The molecule has 0 N–H and O–H groups in total. The summed E-state index contributed by atoms with van der Waals surface area (Å²) < 4.78 is 54.5. The fourth-order valence-electron chi connectivity index (χ4n) is 3.53. The molecule has 1 aliphatic rings. The van der Waals surface area contributed by atoms with Crippen molar-refractivity contribution in [3.63, 3.8) is 0 Å². The molecule has 1 unspecified atom stereocenters. The van der Waals surface area contributed by atoms with Crippen LogP contribution in [0.4, 0.5) is 17.6 Å². The molecule has 0 saturated carbocycles. The monoisotopic (exact) mass is 348 g/mol. The number of aryl methyl sites for hydroxylation is 1. The van der Waals surface area contributed by atoms with E-state index in [0.29, 0.717) is 5.92 Å². The first-order chi connectivity index (χ1) is 12.0. The molecule has 0 amide bonds. The van der Waals surface area contributed by atoms with Gasteiger partial charge in [-0.05, 0) is 85.9 Å². The van der Waals surface area contributed by atoms with Gasteiger partial charge >= 0.3 is 0 Å². The second-order valence-electron chi connectivity index (χ2n) is 6.61. The Balaban J connectivity index is 1.88. The summed E-state index contributed by atoms with van der Waals surface area (Å²) in [5.74, 6) is -4.16. The minimum Gasteiger partial charge on any atom is -0.206 e. The van der Waals surface area contributed by atoms with Gasteiger partial charge < -0.3 is 0 Å². The van der Waals surface area contributed by atoms with Crippen LogP contribution in [0.15, 0.2) is 36.4 Å². The summed E-state index contributed by atoms with van der Waals surface area (Å²) in [6, 6.07) is 4.79. The Kier molecular flexibility index (Phi) is 5.26. The molecule has 0 radical (unpaired) electrons. The first-order valence-corrected chi connectivity index (χ1v) is 8.57. The lowest BCUT2D eigenvalue weighted by Gasteiger charge is -2.25. The van der Waals surface area contributed by atoms with Crippen molar-refractivity contribution in [1.82, 2.24) is 0 Å². The van der Waals surface area contributed by atoms with E-state index in [1.54, 1.807) is 6.07 Å². The van der Waals surface area contributed by atoms with Crippen LogP contribution >= 0.6 is 0 Å². The lowest BCUT2D eigenvalue weighted by Crippen LogP contribution is -2.14. The van der Waals surface area contributed by atoms with Crippen molar-refractivity contribution in [3.05, 3.63) is 70.8 Å². The molecule has 25 heavy (non-hydrogen) atoms. The maximum atomic E-state index is 14.5. The predicted molar refractivity (Wildman–Crippen MR) is 91.3 cm³/mol. The van der Waals surface area contributed by atoms with Crippen LogP contribution in [0.25, 0.3) is 11.1 Å². The van der Waals surface area contributed by atoms with Gasteiger partial charge in [0.2, 0.25) is 0 Å². The van der Waals surface area contributed by atoms with Crippen LogP contribution in [0.1, 0.15) is 37.3 Å².